The summed E-state index contributed by atoms with van der Waals surface area (Å²) in [5.41, 5.74) is 4.81. The Morgan fingerprint density at radius 2 is 1.37 bits per heavy atom. The minimum atomic E-state index is -1.15. The molecule has 2 unspecified atom stereocenters. The van der Waals surface area contributed by atoms with Gasteiger partial charge in [-0.05, 0) is 33.6 Å². The van der Waals surface area contributed by atoms with E-state index in [0.29, 0.717) is 25.9 Å². The molecule has 3 N–H and O–H groups in total. The quantitative estimate of drug-likeness (QED) is 0.641. The van der Waals surface area contributed by atoms with Crippen molar-refractivity contribution in [3.63, 3.8) is 0 Å². The highest BCUT2D eigenvalue weighted by molar-refractivity contribution is 5.99. The number of carboxylic acid groups (broad SMARTS) is 1. The average Bonchev–Trinajstić information content (AvgIpc) is 3.31. The first-order valence-corrected chi connectivity index (χ1v) is 10.8. The molecular formula is C21H26F2N8O4. The van der Waals surface area contributed by atoms with Gasteiger partial charge in [-0.2, -0.15) is 0 Å². The van der Waals surface area contributed by atoms with E-state index in [2.05, 4.69) is 19.9 Å². The first kappa shape index (κ1) is 25.8. The maximum Gasteiger partial charge on any atom is 0.408 e. The number of carbonyl (C=O) groups is 3. The monoisotopic (exact) mass is 492 g/mol. The number of amides is 3. The Morgan fingerprint density at radius 3 is 1.74 bits per heavy atom. The summed E-state index contributed by atoms with van der Waals surface area (Å²) in [5, 5.41) is 9.35. The number of halogens is 2. The molecule has 2 aromatic heterocycles. The second-order valence-corrected chi connectivity index (χ2v) is 8.91. The average molecular weight is 492 g/mol. The van der Waals surface area contributed by atoms with E-state index in [0.717, 1.165) is 29.7 Å². The first-order valence-electron chi connectivity index (χ1n) is 10.8. The van der Waals surface area contributed by atoms with Gasteiger partial charge >= 0.3 is 6.09 Å². The van der Waals surface area contributed by atoms with Crippen molar-refractivity contribution in [3.05, 3.63) is 36.4 Å². The SMILES string of the molecule is CC(C)(C)N(C(=O)O)C1CCN(c2ncc(F)cn2)C1=O.NC1CCN(c2ncc(F)cn2)C1=O. The highest BCUT2D eigenvalue weighted by Crippen LogP contribution is 2.27. The standard InChI is InChI=1S/C13H17FN4O3.C8H9FN4O/c1-13(2,3)18(12(20)21)9-4-5-17(10(9)19)11-15-6-8(14)7-16-11;9-5-3-11-8(12-4-5)13-2-1-6(10)7(13)14/h6-7,9H,4-5H2,1-3H3,(H,20,21);3-4,6H,1-2,10H2. The van der Waals surface area contributed by atoms with E-state index in [1.807, 2.05) is 0 Å². The lowest BCUT2D eigenvalue weighted by Gasteiger charge is -2.36. The van der Waals surface area contributed by atoms with Crippen LogP contribution in [0.5, 0.6) is 0 Å². The molecule has 14 heteroatoms. The molecule has 2 saturated heterocycles. The molecule has 2 atom stereocenters. The van der Waals surface area contributed by atoms with Gasteiger partial charge in [0.15, 0.2) is 11.6 Å². The van der Waals surface area contributed by atoms with Gasteiger partial charge in [-0.1, -0.05) is 0 Å². The van der Waals surface area contributed by atoms with Crippen molar-refractivity contribution < 1.29 is 28.3 Å². The minimum Gasteiger partial charge on any atom is -0.465 e. The van der Waals surface area contributed by atoms with Gasteiger partial charge in [0.05, 0.1) is 30.8 Å². The molecule has 2 aliphatic heterocycles. The Hall–Kier alpha value is -3.81. The van der Waals surface area contributed by atoms with Crippen molar-refractivity contribution >= 4 is 29.8 Å². The van der Waals surface area contributed by atoms with Crippen LogP contribution in [-0.2, 0) is 9.59 Å². The van der Waals surface area contributed by atoms with E-state index in [1.165, 1.54) is 9.80 Å². The Balaban J connectivity index is 0.000000211. The molecule has 4 heterocycles. The number of carbonyl (C=O) groups excluding carboxylic acids is 2. The van der Waals surface area contributed by atoms with Crippen LogP contribution >= 0.6 is 0 Å². The lowest BCUT2D eigenvalue weighted by atomic mass is 10.0. The molecule has 4 rings (SSSR count). The van der Waals surface area contributed by atoms with Gasteiger partial charge in [-0.25, -0.2) is 33.5 Å². The van der Waals surface area contributed by atoms with Gasteiger partial charge in [0, 0.05) is 18.6 Å². The van der Waals surface area contributed by atoms with Gasteiger partial charge < -0.3 is 10.8 Å². The molecule has 35 heavy (non-hydrogen) atoms. The summed E-state index contributed by atoms with van der Waals surface area (Å²) in [6, 6.07) is -1.26. The zero-order chi connectivity index (χ0) is 25.9. The van der Waals surface area contributed by atoms with Gasteiger partial charge in [0.1, 0.15) is 6.04 Å². The molecule has 2 fully saturated rings. The number of aromatic nitrogens is 4. The van der Waals surface area contributed by atoms with E-state index in [1.54, 1.807) is 20.8 Å². The fourth-order valence-electron chi connectivity index (χ4n) is 3.78. The zero-order valence-corrected chi connectivity index (χ0v) is 19.4. The van der Waals surface area contributed by atoms with Crippen LogP contribution in [-0.4, -0.2) is 78.6 Å². The van der Waals surface area contributed by atoms with Crippen LogP contribution in [0.25, 0.3) is 0 Å². The van der Waals surface area contributed by atoms with Crippen molar-refractivity contribution in [2.24, 2.45) is 5.73 Å². The summed E-state index contributed by atoms with van der Waals surface area (Å²) in [7, 11) is 0. The molecule has 12 nitrogen and oxygen atoms in total. The summed E-state index contributed by atoms with van der Waals surface area (Å²) < 4.78 is 25.3. The normalized spacial score (nSPS) is 20.1. The van der Waals surface area contributed by atoms with E-state index < -0.39 is 35.4 Å². The van der Waals surface area contributed by atoms with Crippen LogP contribution in [0.4, 0.5) is 25.5 Å². The van der Waals surface area contributed by atoms with Crippen molar-refractivity contribution in [3.8, 4) is 0 Å². The fourth-order valence-corrected chi connectivity index (χ4v) is 3.78. The van der Waals surface area contributed by atoms with Gasteiger partial charge in [0.2, 0.25) is 17.8 Å². The highest BCUT2D eigenvalue weighted by atomic mass is 19.1. The van der Waals surface area contributed by atoms with Crippen LogP contribution in [0.1, 0.15) is 33.6 Å². The molecule has 0 saturated carbocycles. The summed E-state index contributed by atoms with van der Waals surface area (Å²) in [4.78, 5) is 54.0. The van der Waals surface area contributed by atoms with Crippen LogP contribution < -0.4 is 15.5 Å². The third kappa shape index (κ3) is 5.82. The minimum absolute atomic E-state index is 0.0862. The predicted octanol–water partition coefficient (Wildman–Crippen LogP) is 1.18. The number of nitrogens with two attached hydrogens (primary N) is 1. The van der Waals surface area contributed by atoms with Crippen molar-refractivity contribution in [1.29, 1.82) is 0 Å². The molecule has 0 aromatic carbocycles. The fraction of sp³-hybridized carbons (Fsp3) is 0.476. The number of anilines is 2. The van der Waals surface area contributed by atoms with Gasteiger partial charge in [-0.15, -0.1) is 0 Å². The molecule has 0 bridgehead atoms. The summed E-state index contributed by atoms with van der Waals surface area (Å²) in [5.74, 6) is -1.42. The first-order chi connectivity index (χ1) is 16.4. The highest BCUT2D eigenvalue weighted by Gasteiger charge is 2.44. The molecule has 2 aliphatic rings. The third-order valence-corrected chi connectivity index (χ3v) is 5.36. The summed E-state index contributed by atoms with van der Waals surface area (Å²) in [6.45, 7) is 5.98. The Kier molecular flexibility index (Phi) is 7.53. The maximum absolute atomic E-state index is 12.8. The van der Waals surface area contributed by atoms with Crippen LogP contribution in [0.3, 0.4) is 0 Å². The van der Waals surface area contributed by atoms with E-state index >= 15 is 0 Å². The second kappa shape index (κ2) is 10.2. The number of nitrogens with zero attached hydrogens (tertiary/aromatic N) is 7. The van der Waals surface area contributed by atoms with E-state index in [-0.39, 0.29) is 23.7 Å². The van der Waals surface area contributed by atoms with E-state index in [4.69, 9.17) is 5.73 Å². The molecule has 0 aliphatic carbocycles. The van der Waals surface area contributed by atoms with Gasteiger partial charge in [0.25, 0.3) is 5.91 Å². The maximum atomic E-state index is 12.8. The molecule has 0 radical (unpaired) electrons. The second-order valence-electron chi connectivity index (χ2n) is 8.91. The third-order valence-electron chi connectivity index (χ3n) is 5.36. The molecular weight excluding hydrogens is 466 g/mol. The summed E-state index contributed by atoms with van der Waals surface area (Å²) >= 11 is 0. The molecule has 188 valence electrons. The van der Waals surface area contributed by atoms with Crippen LogP contribution in [0, 0.1) is 11.6 Å². The largest absolute Gasteiger partial charge is 0.465 e. The lowest BCUT2D eigenvalue weighted by Crippen LogP contribution is -2.54. The summed E-state index contributed by atoms with van der Waals surface area (Å²) in [6.07, 6.45) is 3.79. The van der Waals surface area contributed by atoms with Crippen LogP contribution in [0.15, 0.2) is 24.8 Å². The van der Waals surface area contributed by atoms with Gasteiger partial charge in [-0.3, -0.25) is 24.3 Å². The predicted molar refractivity (Wildman–Crippen MR) is 119 cm³/mol. The number of hydrogen-bond acceptors (Lipinski definition) is 8. The number of hydrogen-bond donors (Lipinski definition) is 2. The van der Waals surface area contributed by atoms with Crippen molar-refractivity contribution in [1.82, 2.24) is 24.8 Å². The molecule has 2 aromatic rings. The topological polar surface area (TPSA) is 159 Å². The zero-order valence-electron chi connectivity index (χ0n) is 19.4. The molecule has 3 amide bonds. The molecule has 0 spiro atoms. The Labute approximate surface area is 199 Å². The van der Waals surface area contributed by atoms with Crippen molar-refractivity contribution in [2.75, 3.05) is 22.9 Å². The lowest BCUT2D eigenvalue weighted by molar-refractivity contribution is -0.122. The van der Waals surface area contributed by atoms with E-state index in [9.17, 15) is 28.3 Å². The van der Waals surface area contributed by atoms with Crippen LogP contribution in [0.2, 0.25) is 0 Å². The Morgan fingerprint density at radius 1 is 0.943 bits per heavy atom. The Bertz CT molecular complexity index is 1080. The smallest absolute Gasteiger partial charge is 0.408 e. The number of rotatable bonds is 3. The van der Waals surface area contributed by atoms with Crippen molar-refractivity contribution in [2.45, 2.75) is 51.2 Å².